The van der Waals surface area contributed by atoms with Crippen molar-refractivity contribution in [3.05, 3.63) is 35.5 Å². The number of nitrogens with zero attached hydrogens (tertiary/aromatic N) is 1. The van der Waals surface area contributed by atoms with Crippen LogP contribution in [0.15, 0.2) is 24.3 Å². The zero-order valence-electron chi connectivity index (χ0n) is 9.74. The number of fused-ring (bicyclic) bond motifs is 3. The summed E-state index contributed by atoms with van der Waals surface area (Å²) in [5.74, 6) is 0.565. The summed E-state index contributed by atoms with van der Waals surface area (Å²) in [7, 11) is 2.18. The molecule has 1 aliphatic carbocycles. The van der Waals surface area contributed by atoms with Crippen LogP contribution in [0, 0.1) is 0 Å². The predicted octanol–water partition coefficient (Wildman–Crippen LogP) is 2.56. The smallest absolute Gasteiger partial charge is 0.0482 e. The normalized spacial score (nSPS) is 20.0. The van der Waals surface area contributed by atoms with Crippen LogP contribution in [0.25, 0.3) is 10.9 Å². The van der Waals surface area contributed by atoms with Crippen molar-refractivity contribution < 1.29 is 0 Å². The number of hydrogen-bond donors (Lipinski definition) is 1. The topological polar surface area (TPSA) is 30.9 Å². The largest absolute Gasteiger partial charge is 0.347 e. The van der Waals surface area contributed by atoms with E-state index in [1.807, 2.05) is 0 Å². The van der Waals surface area contributed by atoms with E-state index < -0.39 is 0 Å². The summed E-state index contributed by atoms with van der Waals surface area (Å²) in [5, 5.41) is 1.41. The molecule has 1 aromatic heterocycles. The monoisotopic (exact) mass is 214 g/mol. The fourth-order valence-electron chi connectivity index (χ4n) is 3.13. The third-order valence-electron chi connectivity index (χ3n) is 3.93. The summed E-state index contributed by atoms with van der Waals surface area (Å²) in [6.45, 7) is 0.779. The average Bonchev–Trinajstić information content (AvgIpc) is 2.64. The second-order valence-electron chi connectivity index (χ2n) is 4.76. The van der Waals surface area contributed by atoms with Crippen LogP contribution in [-0.4, -0.2) is 11.1 Å². The molecule has 2 N–H and O–H groups in total. The molecule has 0 unspecified atom stereocenters. The Bertz CT molecular complexity index is 525. The van der Waals surface area contributed by atoms with Crippen molar-refractivity contribution in [2.24, 2.45) is 12.8 Å². The molecule has 1 aromatic carbocycles. The molecule has 0 radical (unpaired) electrons. The molecule has 0 amide bonds. The van der Waals surface area contributed by atoms with Gasteiger partial charge in [-0.15, -0.1) is 0 Å². The van der Waals surface area contributed by atoms with Crippen molar-refractivity contribution in [2.45, 2.75) is 25.2 Å². The summed E-state index contributed by atoms with van der Waals surface area (Å²) in [5.41, 5.74) is 10.3. The zero-order chi connectivity index (χ0) is 11.1. The lowest BCUT2D eigenvalue weighted by Gasteiger charge is -2.22. The first-order valence-electron chi connectivity index (χ1n) is 6.09. The molecule has 84 valence electrons. The van der Waals surface area contributed by atoms with Crippen molar-refractivity contribution in [3.63, 3.8) is 0 Å². The molecule has 0 bridgehead atoms. The molecule has 3 rings (SSSR count). The molecule has 16 heavy (non-hydrogen) atoms. The molecule has 0 aliphatic heterocycles. The fourth-order valence-corrected chi connectivity index (χ4v) is 3.13. The van der Waals surface area contributed by atoms with Crippen LogP contribution < -0.4 is 5.73 Å². The average molecular weight is 214 g/mol. The van der Waals surface area contributed by atoms with Crippen molar-refractivity contribution in [2.75, 3.05) is 6.54 Å². The van der Waals surface area contributed by atoms with Crippen LogP contribution in [-0.2, 0) is 13.5 Å². The summed E-state index contributed by atoms with van der Waals surface area (Å²) in [4.78, 5) is 0. The number of benzene rings is 1. The van der Waals surface area contributed by atoms with E-state index in [1.165, 1.54) is 41.4 Å². The number of nitrogens with two attached hydrogens (primary N) is 1. The third kappa shape index (κ3) is 1.23. The van der Waals surface area contributed by atoms with E-state index in [9.17, 15) is 0 Å². The highest BCUT2D eigenvalue weighted by molar-refractivity contribution is 5.86. The molecular formula is C14H18N2. The van der Waals surface area contributed by atoms with Gasteiger partial charge in [0.05, 0.1) is 0 Å². The van der Waals surface area contributed by atoms with E-state index in [-0.39, 0.29) is 0 Å². The Balaban J connectivity index is 2.34. The van der Waals surface area contributed by atoms with Crippen LogP contribution in [0.5, 0.6) is 0 Å². The first-order chi connectivity index (χ1) is 7.83. The van der Waals surface area contributed by atoms with Crippen molar-refractivity contribution in [3.8, 4) is 0 Å². The third-order valence-corrected chi connectivity index (χ3v) is 3.93. The molecule has 1 atom stereocenters. The highest BCUT2D eigenvalue weighted by Crippen LogP contribution is 2.37. The van der Waals surface area contributed by atoms with Gasteiger partial charge in [-0.2, -0.15) is 0 Å². The SMILES string of the molecule is Cn1c2c(c3ccccc31)[C@H](CN)CCC2. The van der Waals surface area contributed by atoms with E-state index in [4.69, 9.17) is 5.73 Å². The standard InChI is InChI=1S/C14H18N2/c1-16-12-7-3-2-6-11(12)14-10(9-15)5-4-8-13(14)16/h2-3,6-7,10H,4-5,8-9,15H2,1H3/t10-/m0/s1. The predicted molar refractivity (Wildman–Crippen MR) is 67.7 cm³/mol. The van der Waals surface area contributed by atoms with Crippen LogP contribution >= 0.6 is 0 Å². The Labute approximate surface area is 96.1 Å². The van der Waals surface area contributed by atoms with E-state index >= 15 is 0 Å². The molecule has 2 heteroatoms. The molecule has 0 fully saturated rings. The minimum absolute atomic E-state index is 0.565. The van der Waals surface area contributed by atoms with Gasteiger partial charge < -0.3 is 10.3 Å². The molecular weight excluding hydrogens is 196 g/mol. The number of aromatic nitrogens is 1. The van der Waals surface area contributed by atoms with Gasteiger partial charge in [0.1, 0.15) is 0 Å². The summed E-state index contributed by atoms with van der Waals surface area (Å²) in [6, 6.07) is 8.69. The Morgan fingerprint density at radius 3 is 3.00 bits per heavy atom. The first kappa shape index (κ1) is 9.91. The molecule has 0 saturated heterocycles. The maximum absolute atomic E-state index is 5.91. The van der Waals surface area contributed by atoms with Crippen molar-refractivity contribution in [1.82, 2.24) is 4.57 Å². The van der Waals surface area contributed by atoms with Gasteiger partial charge in [-0.3, -0.25) is 0 Å². The fraction of sp³-hybridized carbons (Fsp3) is 0.429. The van der Waals surface area contributed by atoms with Gasteiger partial charge in [0.25, 0.3) is 0 Å². The van der Waals surface area contributed by atoms with Gasteiger partial charge in [-0.1, -0.05) is 18.2 Å². The van der Waals surface area contributed by atoms with Gasteiger partial charge in [0.15, 0.2) is 0 Å². The number of para-hydroxylation sites is 1. The van der Waals surface area contributed by atoms with Crippen molar-refractivity contribution in [1.29, 1.82) is 0 Å². The number of hydrogen-bond acceptors (Lipinski definition) is 1. The van der Waals surface area contributed by atoms with Crippen LogP contribution in [0.3, 0.4) is 0 Å². The van der Waals surface area contributed by atoms with Gasteiger partial charge in [-0.05, 0) is 43.4 Å². The van der Waals surface area contributed by atoms with Gasteiger partial charge in [0.2, 0.25) is 0 Å². The second-order valence-corrected chi connectivity index (χ2v) is 4.76. The molecule has 0 saturated carbocycles. The van der Waals surface area contributed by atoms with Gasteiger partial charge in [0, 0.05) is 23.6 Å². The van der Waals surface area contributed by atoms with E-state index in [0.717, 1.165) is 6.54 Å². The van der Waals surface area contributed by atoms with Gasteiger partial charge in [-0.25, -0.2) is 0 Å². The number of aryl methyl sites for hydroxylation is 1. The first-order valence-corrected chi connectivity index (χ1v) is 6.09. The Morgan fingerprint density at radius 2 is 2.19 bits per heavy atom. The maximum Gasteiger partial charge on any atom is 0.0482 e. The molecule has 1 aliphatic rings. The summed E-state index contributed by atoms with van der Waals surface area (Å²) < 4.78 is 2.35. The lowest BCUT2D eigenvalue weighted by molar-refractivity contribution is 0.549. The quantitative estimate of drug-likeness (QED) is 0.777. The van der Waals surface area contributed by atoms with Gasteiger partial charge >= 0.3 is 0 Å². The Hall–Kier alpha value is -1.28. The van der Waals surface area contributed by atoms with Crippen molar-refractivity contribution >= 4 is 10.9 Å². The Kier molecular flexibility index (Phi) is 2.25. The van der Waals surface area contributed by atoms with E-state index in [0.29, 0.717) is 5.92 Å². The minimum Gasteiger partial charge on any atom is -0.347 e. The van der Waals surface area contributed by atoms with E-state index in [2.05, 4.69) is 35.9 Å². The summed E-state index contributed by atoms with van der Waals surface area (Å²) in [6.07, 6.45) is 3.73. The van der Waals surface area contributed by atoms with E-state index in [1.54, 1.807) is 0 Å². The maximum atomic E-state index is 5.91. The lowest BCUT2D eigenvalue weighted by Crippen LogP contribution is -2.18. The minimum atomic E-state index is 0.565. The number of rotatable bonds is 1. The molecule has 1 heterocycles. The molecule has 2 aromatic rings. The van der Waals surface area contributed by atoms with Crippen LogP contribution in [0.1, 0.15) is 30.0 Å². The van der Waals surface area contributed by atoms with Crippen LogP contribution in [0.2, 0.25) is 0 Å². The highest BCUT2D eigenvalue weighted by atomic mass is 15.0. The highest BCUT2D eigenvalue weighted by Gasteiger charge is 2.24. The second kappa shape index (κ2) is 3.63. The molecule has 2 nitrogen and oxygen atoms in total. The lowest BCUT2D eigenvalue weighted by atomic mass is 9.85. The van der Waals surface area contributed by atoms with Crippen LogP contribution in [0.4, 0.5) is 0 Å². The zero-order valence-corrected chi connectivity index (χ0v) is 9.74. The summed E-state index contributed by atoms with van der Waals surface area (Å²) >= 11 is 0. The Morgan fingerprint density at radius 1 is 1.38 bits per heavy atom. The molecule has 0 spiro atoms.